The Morgan fingerprint density at radius 2 is 2.21 bits per heavy atom. The standard InChI is InChI=1S/C11H12O3/c1-2-3-8-6-9(11(14)7-12)4-5-10(8)13/h2,4-6,12-13H,1,3,7H2. The number of aliphatic hydroxyl groups excluding tert-OH is 1. The lowest BCUT2D eigenvalue weighted by Crippen LogP contribution is -2.04. The van der Waals surface area contributed by atoms with E-state index >= 15 is 0 Å². The van der Waals surface area contributed by atoms with E-state index in [2.05, 4.69) is 6.58 Å². The van der Waals surface area contributed by atoms with Crippen LogP contribution in [0.2, 0.25) is 0 Å². The molecule has 2 N–H and O–H groups in total. The van der Waals surface area contributed by atoms with Crippen molar-refractivity contribution < 1.29 is 15.0 Å². The van der Waals surface area contributed by atoms with Crippen LogP contribution in [0, 0.1) is 0 Å². The molecular formula is C11H12O3. The van der Waals surface area contributed by atoms with Crippen molar-refractivity contribution >= 4 is 5.78 Å². The van der Waals surface area contributed by atoms with Gasteiger partial charge in [-0.3, -0.25) is 4.79 Å². The summed E-state index contributed by atoms with van der Waals surface area (Å²) >= 11 is 0. The summed E-state index contributed by atoms with van der Waals surface area (Å²) in [6.07, 6.45) is 2.14. The molecule has 0 spiro atoms. The van der Waals surface area contributed by atoms with Crippen molar-refractivity contribution in [3.05, 3.63) is 42.0 Å². The molecule has 0 aliphatic carbocycles. The topological polar surface area (TPSA) is 57.5 Å². The zero-order chi connectivity index (χ0) is 10.6. The SMILES string of the molecule is C=CCc1cc(C(=O)CO)ccc1O. The average molecular weight is 192 g/mol. The summed E-state index contributed by atoms with van der Waals surface area (Å²) in [5.41, 5.74) is 1.04. The first-order valence-corrected chi connectivity index (χ1v) is 4.26. The maximum atomic E-state index is 11.1. The van der Waals surface area contributed by atoms with Crippen molar-refractivity contribution in [2.24, 2.45) is 0 Å². The molecule has 0 aliphatic rings. The van der Waals surface area contributed by atoms with Crippen LogP contribution in [0.1, 0.15) is 15.9 Å². The van der Waals surface area contributed by atoms with Crippen LogP contribution in [-0.2, 0) is 6.42 Å². The van der Waals surface area contributed by atoms with Crippen LogP contribution in [0.4, 0.5) is 0 Å². The van der Waals surface area contributed by atoms with Gasteiger partial charge in [0.2, 0.25) is 0 Å². The van der Waals surface area contributed by atoms with Gasteiger partial charge in [-0.25, -0.2) is 0 Å². The third-order valence-corrected chi connectivity index (χ3v) is 1.91. The predicted octanol–water partition coefficient (Wildman–Crippen LogP) is 1.30. The van der Waals surface area contributed by atoms with Gasteiger partial charge in [-0.2, -0.15) is 0 Å². The molecule has 0 aromatic heterocycles. The minimum atomic E-state index is -0.516. The van der Waals surface area contributed by atoms with Gasteiger partial charge in [0, 0.05) is 5.56 Å². The number of phenols is 1. The van der Waals surface area contributed by atoms with Crippen molar-refractivity contribution in [1.82, 2.24) is 0 Å². The quantitative estimate of drug-likeness (QED) is 0.558. The maximum Gasteiger partial charge on any atom is 0.188 e. The second-order valence-electron chi connectivity index (χ2n) is 2.92. The lowest BCUT2D eigenvalue weighted by atomic mass is 10.0. The van der Waals surface area contributed by atoms with E-state index in [1.54, 1.807) is 12.1 Å². The number of carbonyl (C=O) groups excluding carboxylic acids is 1. The van der Waals surface area contributed by atoms with Gasteiger partial charge in [-0.15, -0.1) is 6.58 Å². The minimum absolute atomic E-state index is 0.138. The van der Waals surface area contributed by atoms with E-state index < -0.39 is 6.61 Å². The van der Waals surface area contributed by atoms with Crippen molar-refractivity contribution in [2.75, 3.05) is 6.61 Å². The van der Waals surface area contributed by atoms with Gasteiger partial charge in [0.1, 0.15) is 12.4 Å². The lowest BCUT2D eigenvalue weighted by Gasteiger charge is -2.03. The summed E-state index contributed by atoms with van der Waals surface area (Å²) in [5.74, 6) is -0.213. The van der Waals surface area contributed by atoms with E-state index in [0.29, 0.717) is 17.5 Å². The molecule has 0 bridgehead atoms. The van der Waals surface area contributed by atoms with Gasteiger partial charge in [0.15, 0.2) is 5.78 Å². The van der Waals surface area contributed by atoms with E-state index in [1.165, 1.54) is 12.1 Å². The second kappa shape index (κ2) is 4.58. The molecule has 0 heterocycles. The van der Waals surface area contributed by atoms with Crippen LogP contribution in [-0.4, -0.2) is 22.6 Å². The van der Waals surface area contributed by atoms with Crippen LogP contribution in [0.15, 0.2) is 30.9 Å². The monoisotopic (exact) mass is 192 g/mol. The first kappa shape index (κ1) is 10.5. The predicted molar refractivity (Wildman–Crippen MR) is 53.4 cm³/mol. The highest BCUT2D eigenvalue weighted by Gasteiger charge is 2.07. The number of carbonyl (C=O) groups is 1. The number of allylic oxidation sites excluding steroid dienone is 1. The number of aliphatic hydroxyl groups is 1. The second-order valence-corrected chi connectivity index (χ2v) is 2.92. The number of benzene rings is 1. The summed E-state index contributed by atoms with van der Waals surface area (Å²) in [4.78, 5) is 11.1. The van der Waals surface area contributed by atoms with Crippen LogP contribution < -0.4 is 0 Å². The highest BCUT2D eigenvalue weighted by Crippen LogP contribution is 2.19. The molecule has 1 rings (SSSR count). The van der Waals surface area contributed by atoms with Gasteiger partial charge < -0.3 is 10.2 Å². The summed E-state index contributed by atoms with van der Waals surface area (Å²) in [7, 11) is 0. The fourth-order valence-electron chi connectivity index (χ4n) is 1.17. The van der Waals surface area contributed by atoms with Crippen LogP contribution in [0.25, 0.3) is 0 Å². The Hall–Kier alpha value is -1.61. The highest BCUT2D eigenvalue weighted by atomic mass is 16.3. The molecule has 14 heavy (non-hydrogen) atoms. The number of aromatic hydroxyl groups is 1. The fourth-order valence-corrected chi connectivity index (χ4v) is 1.17. The average Bonchev–Trinajstić information content (AvgIpc) is 2.20. The smallest absolute Gasteiger partial charge is 0.188 e. The molecule has 3 heteroatoms. The zero-order valence-electron chi connectivity index (χ0n) is 7.73. The Morgan fingerprint density at radius 1 is 1.50 bits per heavy atom. The van der Waals surface area contributed by atoms with E-state index in [4.69, 9.17) is 5.11 Å². The van der Waals surface area contributed by atoms with E-state index in [1.807, 2.05) is 0 Å². The van der Waals surface area contributed by atoms with Gasteiger partial charge in [0.05, 0.1) is 0 Å². The molecule has 0 amide bonds. The van der Waals surface area contributed by atoms with Gasteiger partial charge >= 0.3 is 0 Å². The minimum Gasteiger partial charge on any atom is -0.508 e. The Kier molecular flexibility index (Phi) is 3.42. The normalized spacial score (nSPS) is 9.79. The maximum absolute atomic E-state index is 11.1. The van der Waals surface area contributed by atoms with Crippen molar-refractivity contribution in [1.29, 1.82) is 0 Å². The lowest BCUT2D eigenvalue weighted by molar-refractivity contribution is 0.0903. The molecule has 3 nitrogen and oxygen atoms in total. The molecule has 0 radical (unpaired) electrons. The molecule has 0 saturated carbocycles. The number of hydrogen-bond donors (Lipinski definition) is 2. The third-order valence-electron chi connectivity index (χ3n) is 1.91. The van der Waals surface area contributed by atoms with Crippen molar-refractivity contribution in [3.63, 3.8) is 0 Å². The molecule has 74 valence electrons. The number of hydrogen-bond acceptors (Lipinski definition) is 3. The largest absolute Gasteiger partial charge is 0.508 e. The summed E-state index contributed by atoms with van der Waals surface area (Å²) < 4.78 is 0. The highest BCUT2D eigenvalue weighted by molar-refractivity contribution is 5.97. The molecule has 0 aliphatic heterocycles. The summed E-state index contributed by atoms with van der Waals surface area (Å²) in [5, 5.41) is 18.0. The Labute approximate surface area is 82.3 Å². The van der Waals surface area contributed by atoms with Gasteiger partial charge in [-0.05, 0) is 30.2 Å². The van der Waals surface area contributed by atoms with Crippen molar-refractivity contribution in [2.45, 2.75) is 6.42 Å². The molecule has 0 saturated heterocycles. The van der Waals surface area contributed by atoms with E-state index in [0.717, 1.165) is 0 Å². The van der Waals surface area contributed by atoms with E-state index in [9.17, 15) is 9.90 Å². The number of rotatable bonds is 4. The van der Waals surface area contributed by atoms with Crippen LogP contribution in [0.5, 0.6) is 5.75 Å². The number of ketones is 1. The Balaban J connectivity index is 3.05. The Bertz CT molecular complexity index is 356. The summed E-state index contributed by atoms with van der Waals surface area (Å²) in [6.45, 7) is 3.03. The number of Topliss-reactive ketones (excluding diaryl/α,β-unsaturated/α-hetero) is 1. The van der Waals surface area contributed by atoms with E-state index in [-0.39, 0.29) is 11.5 Å². The third kappa shape index (κ3) is 2.20. The molecule has 0 fully saturated rings. The molecular weight excluding hydrogens is 180 g/mol. The molecule has 0 atom stereocenters. The molecule has 1 aromatic rings. The van der Waals surface area contributed by atoms with Gasteiger partial charge in [-0.1, -0.05) is 6.08 Å². The van der Waals surface area contributed by atoms with Crippen molar-refractivity contribution in [3.8, 4) is 5.75 Å². The first-order chi connectivity index (χ1) is 6.69. The van der Waals surface area contributed by atoms with Crippen LogP contribution >= 0.6 is 0 Å². The van der Waals surface area contributed by atoms with Gasteiger partial charge in [0.25, 0.3) is 0 Å². The Morgan fingerprint density at radius 3 is 2.79 bits per heavy atom. The summed E-state index contributed by atoms with van der Waals surface area (Å²) in [6, 6.07) is 4.50. The fraction of sp³-hybridized carbons (Fsp3) is 0.182. The zero-order valence-corrected chi connectivity index (χ0v) is 7.73. The van der Waals surface area contributed by atoms with Crippen LogP contribution in [0.3, 0.4) is 0 Å². The number of phenolic OH excluding ortho intramolecular Hbond substituents is 1. The molecule has 0 unspecified atom stereocenters. The first-order valence-electron chi connectivity index (χ1n) is 4.26. The molecule has 1 aromatic carbocycles.